The molecule has 2 fully saturated rings. The molecule has 2 saturated heterocycles. The van der Waals surface area contributed by atoms with Crippen LogP contribution in [0.2, 0.25) is 0 Å². The second kappa shape index (κ2) is 4.20. The quantitative estimate of drug-likeness (QED) is 0.811. The molecule has 1 N–H and O–H groups in total. The van der Waals surface area contributed by atoms with Gasteiger partial charge in [0.05, 0.1) is 0 Å². The van der Waals surface area contributed by atoms with E-state index >= 15 is 0 Å². The largest absolute Gasteiger partial charge is 0.480 e. The molecule has 2 atom stereocenters. The van der Waals surface area contributed by atoms with E-state index in [-0.39, 0.29) is 5.54 Å². The van der Waals surface area contributed by atoms with Crippen molar-refractivity contribution in [1.82, 2.24) is 9.80 Å². The summed E-state index contributed by atoms with van der Waals surface area (Å²) in [5, 5.41) is 9.29. The fourth-order valence-corrected chi connectivity index (χ4v) is 3.13. The number of carboxylic acids is 1. The van der Waals surface area contributed by atoms with Crippen LogP contribution in [0.15, 0.2) is 0 Å². The van der Waals surface area contributed by atoms with Gasteiger partial charge < -0.3 is 5.11 Å². The number of likely N-dealkylation sites (tertiary alicyclic amines) is 2. The van der Waals surface area contributed by atoms with Crippen molar-refractivity contribution in [1.29, 1.82) is 0 Å². The maximum Gasteiger partial charge on any atom is 0.323 e. The molecule has 2 unspecified atom stereocenters. The SMILES string of the molecule is CC(C)(C)N1CC2CN(C(C)(C)C(=O)O)CC2C1. The number of fused-ring (bicyclic) bond motifs is 1. The average molecular weight is 254 g/mol. The summed E-state index contributed by atoms with van der Waals surface area (Å²) in [6.07, 6.45) is 0. The molecule has 18 heavy (non-hydrogen) atoms. The summed E-state index contributed by atoms with van der Waals surface area (Å²) in [5.41, 5.74) is -0.492. The van der Waals surface area contributed by atoms with Gasteiger partial charge in [-0.1, -0.05) is 0 Å². The molecule has 0 aromatic heterocycles. The molecule has 2 rings (SSSR count). The molecule has 4 nitrogen and oxygen atoms in total. The van der Waals surface area contributed by atoms with Gasteiger partial charge in [-0.3, -0.25) is 14.6 Å². The highest BCUT2D eigenvalue weighted by atomic mass is 16.4. The van der Waals surface area contributed by atoms with Crippen molar-refractivity contribution in [3.63, 3.8) is 0 Å². The number of hydrogen-bond donors (Lipinski definition) is 1. The minimum Gasteiger partial charge on any atom is -0.480 e. The van der Waals surface area contributed by atoms with Crippen LogP contribution in [0.4, 0.5) is 0 Å². The van der Waals surface area contributed by atoms with Gasteiger partial charge in [0, 0.05) is 31.7 Å². The van der Waals surface area contributed by atoms with E-state index in [9.17, 15) is 9.90 Å². The Labute approximate surface area is 110 Å². The zero-order chi connectivity index (χ0) is 13.7. The number of hydrogen-bond acceptors (Lipinski definition) is 3. The Morgan fingerprint density at radius 3 is 1.67 bits per heavy atom. The van der Waals surface area contributed by atoms with Gasteiger partial charge in [-0.05, 0) is 46.5 Å². The maximum absolute atomic E-state index is 11.3. The third-order valence-electron chi connectivity index (χ3n) is 4.75. The first-order valence-electron chi connectivity index (χ1n) is 6.86. The number of rotatable bonds is 2. The molecule has 0 saturated carbocycles. The van der Waals surface area contributed by atoms with Gasteiger partial charge in [-0.25, -0.2) is 0 Å². The Hall–Kier alpha value is -0.610. The summed E-state index contributed by atoms with van der Waals surface area (Å²) >= 11 is 0. The standard InChI is InChI=1S/C14H26N2O2/c1-13(2,3)15-6-10-8-16(9-11(10)7-15)14(4,5)12(17)18/h10-11H,6-9H2,1-5H3,(H,17,18). The smallest absolute Gasteiger partial charge is 0.323 e. The van der Waals surface area contributed by atoms with Crippen LogP contribution >= 0.6 is 0 Å². The number of carboxylic acid groups (broad SMARTS) is 1. The molecule has 2 aliphatic rings. The first kappa shape index (κ1) is 13.8. The van der Waals surface area contributed by atoms with E-state index in [0.29, 0.717) is 11.8 Å². The Kier molecular flexibility index (Phi) is 3.23. The third-order valence-corrected chi connectivity index (χ3v) is 4.75. The summed E-state index contributed by atoms with van der Waals surface area (Å²) in [6.45, 7) is 14.5. The third kappa shape index (κ3) is 2.28. The van der Waals surface area contributed by atoms with Crippen molar-refractivity contribution in [2.24, 2.45) is 11.8 Å². The monoisotopic (exact) mass is 254 g/mol. The fourth-order valence-electron chi connectivity index (χ4n) is 3.13. The topological polar surface area (TPSA) is 43.8 Å². The Bertz CT molecular complexity index is 332. The summed E-state index contributed by atoms with van der Waals surface area (Å²) in [7, 11) is 0. The Morgan fingerprint density at radius 2 is 1.33 bits per heavy atom. The lowest BCUT2D eigenvalue weighted by Crippen LogP contribution is -2.50. The van der Waals surface area contributed by atoms with Crippen LogP contribution < -0.4 is 0 Å². The second-order valence-electron chi connectivity index (χ2n) is 7.37. The summed E-state index contributed by atoms with van der Waals surface area (Å²) in [6, 6.07) is 0. The molecule has 0 aromatic carbocycles. The zero-order valence-electron chi connectivity index (χ0n) is 12.2. The van der Waals surface area contributed by atoms with Crippen LogP contribution in [0, 0.1) is 11.8 Å². The van der Waals surface area contributed by atoms with Gasteiger partial charge in [-0.15, -0.1) is 0 Å². The minimum atomic E-state index is -0.725. The van der Waals surface area contributed by atoms with E-state index in [1.165, 1.54) is 0 Å². The lowest BCUT2D eigenvalue weighted by molar-refractivity contribution is -0.149. The van der Waals surface area contributed by atoms with Crippen molar-refractivity contribution >= 4 is 5.97 Å². The molecule has 0 spiro atoms. The van der Waals surface area contributed by atoms with E-state index in [4.69, 9.17) is 0 Å². The molecule has 0 aliphatic carbocycles. The maximum atomic E-state index is 11.3. The van der Waals surface area contributed by atoms with Crippen molar-refractivity contribution in [2.75, 3.05) is 26.2 Å². The molecule has 104 valence electrons. The van der Waals surface area contributed by atoms with Crippen molar-refractivity contribution in [3.05, 3.63) is 0 Å². The fraction of sp³-hybridized carbons (Fsp3) is 0.929. The second-order valence-corrected chi connectivity index (χ2v) is 7.37. The molecule has 0 aromatic rings. The number of nitrogens with zero attached hydrogens (tertiary/aromatic N) is 2. The van der Waals surface area contributed by atoms with Gasteiger partial charge >= 0.3 is 5.97 Å². The first-order valence-corrected chi connectivity index (χ1v) is 6.86. The Morgan fingerprint density at radius 1 is 0.944 bits per heavy atom. The average Bonchev–Trinajstić information content (AvgIpc) is 2.71. The van der Waals surface area contributed by atoms with E-state index in [1.54, 1.807) is 0 Å². The highest BCUT2D eigenvalue weighted by Crippen LogP contribution is 2.37. The van der Waals surface area contributed by atoms with Gasteiger partial charge in [0.25, 0.3) is 0 Å². The van der Waals surface area contributed by atoms with Crippen LogP contribution in [-0.4, -0.2) is 58.1 Å². The van der Waals surface area contributed by atoms with Gasteiger partial charge in [0.1, 0.15) is 5.54 Å². The molecule has 4 heteroatoms. The molecule has 0 amide bonds. The minimum absolute atomic E-state index is 0.234. The lowest BCUT2D eigenvalue weighted by Gasteiger charge is -2.36. The first-order chi connectivity index (χ1) is 8.12. The van der Waals surface area contributed by atoms with Crippen LogP contribution in [0.25, 0.3) is 0 Å². The van der Waals surface area contributed by atoms with Crippen molar-refractivity contribution in [3.8, 4) is 0 Å². The molecular formula is C14H26N2O2. The van der Waals surface area contributed by atoms with Gasteiger partial charge in [0.2, 0.25) is 0 Å². The van der Waals surface area contributed by atoms with E-state index in [0.717, 1.165) is 26.2 Å². The molecule has 0 bridgehead atoms. The van der Waals surface area contributed by atoms with E-state index in [1.807, 2.05) is 13.8 Å². The summed E-state index contributed by atoms with van der Waals surface area (Å²) < 4.78 is 0. The van der Waals surface area contributed by atoms with Crippen LogP contribution in [-0.2, 0) is 4.79 Å². The summed E-state index contributed by atoms with van der Waals surface area (Å²) in [4.78, 5) is 16.0. The normalized spacial score (nSPS) is 30.7. The highest BCUT2D eigenvalue weighted by Gasteiger charge is 2.48. The van der Waals surface area contributed by atoms with E-state index in [2.05, 4.69) is 30.6 Å². The van der Waals surface area contributed by atoms with E-state index < -0.39 is 11.5 Å². The summed E-state index contributed by atoms with van der Waals surface area (Å²) in [5.74, 6) is 0.570. The number of carbonyl (C=O) groups is 1. The van der Waals surface area contributed by atoms with Crippen LogP contribution in [0.3, 0.4) is 0 Å². The predicted octanol–water partition coefficient (Wildman–Crippen LogP) is 1.51. The lowest BCUT2D eigenvalue weighted by atomic mass is 10.0. The molecule has 2 heterocycles. The van der Waals surface area contributed by atoms with Crippen LogP contribution in [0.1, 0.15) is 34.6 Å². The number of aliphatic carboxylic acids is 1. The Balaban J connectivity index is 2.00. The van der Waals surface area contributed by atoms with Gasteiger partial charge in [0.15, 0.2) is 0 Å². The molecule has 0 radical (unpaired) electrons. The predicted molar refractivity (Wildman–Crippen MR) is 71.6 cm³/mol. The zero-order valence-corrected chi connectivity index (χ0v) is 12.2. The van der Waals surface area contributed by atoms with Crippen LogP contribution in [0.5, 0.6) is 0 Å². The molecular weight excluding hydrogens is 228 g/mol. The molecule has 2 aliphatic heterocycles. The highest BCUT2D eigenvalue weighted by molar-refractivity contribution is 5.77. The van der Waals surface area contributed by atoms with Crippen molar-refractivity contribution in [2.45, 2.75) is 45.7 Å². The van der Waals surface area contributed by atoms with Crippen molar-refractivity contribution < 1.29 is 9.90 Å². The van der Waals surface area contributed by atoms with Gasteiger partial charge in [-0.2, -0.15) is 0 Å².